The van der Waals surface area contributed by atoms with Crippen LogP contribution in [0.25, 0.3) is 11.5 Å². The standard InChI is InChI=1S/C14H15N5O2S/c1-3-11-16-14(18-17-11)22-8-12-15-13(21-19-12)9-4-6-10(20-2)7-5-9/h4-7H,3,8H2,1-2H3,(H,16,17,18). The van der Waals surface area contributed by atoms with Crippen LogP contribution in [0.15, 0.2) is 33.9 Å². The van der Waals surface area contributed by atoms with E-state index in [1.54, 1.807) is 7.11 Å². The lowest BCUT2D eigenvalue weighted by molar-refractivity contribution is 0.414. The van der Waals surface area contributed by atoms with Crippen molar-refractivity contribution in [3.05, 3.63) is 35.9 Å². The van der Waals surface area contributed by atoms with Crippen molar-refractivity contribution in [3.63, 3.8) is 0 Å². The number of methoxy groups -OCH3 is 1. The first kappa shape index (κ1) is 14.6. The maximum atomic E-state index is 5.28. The molecule has 3 rings (SSSR count). The topological polar surface area (TPSA) is 89.7 Å². The maximum absolute atomic E-state index is 5.28. The molecule has 0 radical (unpaired) electrons. The van der Waals surface area contributed by atoms with Gasteiger partial charge in [0.15, 0.2) is 5.82 Å². The molecule has 0 aliphatic rings. The second-order valence-electron chi connectivity index (χ2n) is 4.45. The van der Waals surface area contributed by atoms with E-state index in [-0.39, 0.29) is 0 Å². The maximum Gasteiger partial charge on any atom is 0.257 e. The van der Waals surface area contributed by atoms with Crippen molar-refractivity contribution in [2.75, 3.05) is 7.11 Å². The Morgan fingerprint density at radius 1 is 1.23 bits per heavy atom. The van der Waals surface area contributed by atoms with Crippen LogP contribution in [0.3, 0.4) is 0 Å². The molecule has 0 saturated carbocycles. The molecule has 2 heterocycles. The van der Waals surface area contributed by atoms with Gasteiger partial charge in [-0.05, 0) is 24.3 Å². The van der Waals surface area contributed by atoms with E-state index >= 15 is 0 Å². The molecule has 114 valence electrons. The normalized spacial score (nSPS) is 10.8. The minimum Gasteiger partial charge on any atom is -0.497 e. The highest BCUT2D eigenvalue weighted by atomic mass is 32.2. The fourth-order valence-electron chi connectivity index (χ4n) is 1.79. The van der Waals surface area contributed by atoms with Crippen LogP contribution in [-0.4, -0.2) is 32.4 Å². The molecule has 22 heavy (non-hydrogen) atoms. The fraction of sp³-hybridized carbons (Fsp3) is 0.286. The number of thioether (sulfide) groups is 1. The highest BCUT2D eigenvalue weighted by Crippen LogP contribution is 2.23. The number of hydrogen-bond acceptors (Lipinski definition) is 7. The third-order valence-electron chi connectivity index (χ3n) is 2.98. The summed E-state index contributed by atoms with van der Waals surface area (Å²) in [7, 11) is 1.63. The monoisotopic (exact) mass is 317 g/mol. The number of aromatic amines is 1. The zero-order chi connectivity index (χ0) is 15.4. The lowest BCUT2D eigenvalue weighted by atomic mass is 10.2. The molecule has 3 aromatic rings. The Bertz CT molecular complexity index is 738. The van der Waals surface area contributed by atoms with E-state index in [2.05, 4.69) is 25.3 Å². The molecule has 0 spiro atoms. The highest BCUT2D eigenvalue weighted by Gasteiger charge is 2.11. The zero-order valence-electron chi connectivity index (χ0n) is 12.2. The van der Waals surface area contributed by atoms with E-state index < -0.39 is 0 Å². The zero-order valence-corrected chi connectivity index (χ0v) is 13.1. The van der Waals surface area contributed by atoms with Crippen LogP contribution in [0.5, 0.6) is 5.75 Å². The van der Waals surface area contributed by atoms with Crippen molar-refractivity contribution in [1.82, 2.24) is 25.3 Å². The van der Waals surface area contributed by atoms with Gasteiger partial charge in [-0.3, -0.25) is 5.10 Å². The number of benzene rings is 1. The summed E-state index contributed by atoms with van der Waals surface area (Å²) in [6.45, 7) is 2.02. The van der Waals surface area contributed by atoms with Crippen molar-refractivity contribution in [2.45, 2.75) is 24.3 Å². The molecule has 8 heteroatoms. The third kappa shape index (κ3) is 3.28. The van der Waals surface area contributed by atoms with E-state index in [0.717, 1.165) is 23.6 Å². The van der Waals surface area contributed by atoms with Gasteiger partial charge in [-0.15, -0.1) is 5.10 Å². The van der Waals surface area contributed by atoms with Crippen LogP contribution < -0.4 is 4.74 Å². The Hall–Kier alpha value is -2.35. The molecule has 2 aromatic heterocycles. The molecule has 0 atom stereocenters. The molecule has 0 aliphatic heterocycles. The van der Waals surface area contributed by atoms with Crippen LogP contribution in [0.1, 0.15) is 18.6 Å². The van der Waals surface area contributed by atoms with Gasteiger partial charge in [-0.25, -0.2) is 4.98 Å². The highest BCUT2D eigenvalue weighted by molar-refractivity contribution is 7.98. The van der Waals surface area contributed by atoms with Gasteiger partial charge < -0.3 is 9.26 Å². The first-order valence-electron chi connectivity index (χ1n) is 6.79. The number of aryl methyl sites for hydroxylation is 1. The number of hydrogen-bond donors (Lipinski definition) is 1. The van der Waals surface area contributed by atoms with Gasteiger partial charge in [0.05, 0.1) is 12.9 Å². The van der Waals surface area contributed by atoms with E-state index in [0.29, 0.717) is 22.6 Å². The number of H-pyrrole nitrogens is 1. The van der Waals surface area contributed by atoms with Crippen molar-refractivity contribution in [3.8, 4) is 17.2 Å². The number of aromatic nitrogens is 5. The molecule has 0 saturated heterocycles. The molecule has 1 aromatic carbocycles. The summed E-state index contributed by atoms with van der Waals surface area (Å²) in [5, 5.41) is 11.6. The molecule has 1 N–H and O–H groups in total. The van der Waals surface area contributed by atoms with E-state index in [4.69, 9.17) is 9.26 Å². The van der Waals surface area contributed by atoms with Gasteiger partial charge in [-0.1, -0.05) is 23.8 Å². The first-order chi connectivity index (χ1) is 10.8. The smallest absolute Gasteiger partial charge is 0.257 e. The van der Waals surface area contributed by atoms with Gasteiger partial charge in [0.1, 0.15) is 11.6 Å². The van der Waals surface area contributed by atoms with Crippen LogP contribution in [0.4, 0.5) is 0 Å². The van der Waals surface area contributed by atoms with Crippen molar-refractivity contribution in [2.24, 2.45) is 0 Å². The Balaban J connectivity index is 1.65. The number of ether oxygens (including phenoxy) is 1. The lowest BCUT2D eigenvalue weighted by Crippen LogP contribution is -1.86. The van der Waals surface area contributed by atoms with Crippen molar-refractivity contribution < 1.29 is 9.26 Å². The molecule has 7 nitrogen and oxygen atoms in total. The largest absolute Gasteiger partial charge is 0.497 e. The first-order valence-corrected chi connectivity index (χ1v) is 7.78. The molecule has 0 bridgehead atoms. The van der Waals surface area contributed by atoms with Crippen LogP contribution in [-0.2, 0) is 12.2 Å². The van der Waals surface area contributed by atoms with Gasteiger partial charge >= 0.3 is 0 Å². The molecular weight excluding hydrogens is 302 g/mol. The summed E-state index contributed by atoms with van der Waals surface area (Å²) in [6, 6.07) is 7.47. The lowest BCUT2D eigenvalue weighted by Gasteiger charge is -1.98. The fourth-order valence-corrected chi connectivity index (χ4v) is 2.45. The minimum atomic E-state index is 0.488. The molecule has 0 fully saturated rings. The predicted molar refractivity (Wildman–Crippen MR) is 81.6 cm³/mol. The average molecular weight is 317 g/mol. The summed E-state index contributed by atoms with van der Waals surface area (Å²) in [4.78, 5) is 8.70. The van der Waals surface area contributed by atoms with Gasteiger partial charge in [0.2, 0.25) is 5.16 Å². The molecule has 0 amide bonds. The second-order valence-corrected chi connectivity index (χ2v) is 5.39. The van der Waals surface area contributed by atoms with Crippen LogP contribution in [0, 0.1) is 0 Å². The summed E-state index contributed by atoms with van der Waals surface area (Å²) >= 11 is 1.47. The number of nitrogens with zero attached hydrogens (tertiary/aromatic N) is 4. The summed E-state index contributed by atoms with van der Waals surface area (Å²) in [5.74, 6) is 3.31. The van der Waals surface area contributed by atoms with E-state index in [9.17, 15) is 0 Å². The van der Waals surface area contributed by atoms with Crippen LogP contribution >= 0.6 is 11.8 Å². The molecular formula is C14H15N5O2S. The second kappa shape index (κ2) is 6.61. The predicted octanol–water partition coefficient (Wildman–Crippen LogP) is 2.72. The summed E-state index contributed by atoms with van der Waals surface area (Å²) in [6.07, 6.45) is 0.831. The minimum absolute atomic E-state index is 0.488. The van der Waals surface area contributed by atoms with Gasteiger partial charge in [0.25, 0.3) is 5.89 Å². The number of rotatable bonds is 6. The summed E-state index contributed by atoms with van der Waals surface area (Å²) < 4.78 is 10.4. The third-order valence-corrected chi connectivity index (χ3v) is 3.82. The average Bonchev–Trinajstić information content (AvgIpc) is 3.22. The Labute approximate surface area is 131 Å². The number of nitrogens with one attached hydrogen (secondary N) is 1. The Kier molecular flexibility index (Phi) is 4.38. The Morgan fingerprint density at radius 3 is 2.73 bits per heavy atom. The Morgan fingerprint density at radius 2 is 2.05 bits per heavy atom. The van der Waals surface area contributed by atoms with E-state index in [1.165, 1.54) is 11.8 Å². The van der Waals surface area contributed by atoms with Crippen molar-refractivity contribution in [1.29, 1.82) is 0 Å². The van der Waals surface area contributed by atoms with Gasteiger partial charge in [0, 0.05) is 12.0 Å². The molecule has 0 unspecified atom stereocenters. The molecule has 0 aliphatic carbocycles. The summed E-state index contributed by atoms with van der Waals surface area (Å²) in [5.41, 5.74) is 0.857. The van der Waals surface area contributed by atoms with Crippen LogP contribution in [0.2, 0.25) is 0 Å². The van der Waals surface area contributed by atoms with E-state index in [1.807, 2.05) is 31.2 Å². The van der Waals surface area contributed by atoms with Crippen molar-refractivity contribution >= 4 is 11.8 Å². The quantitative estimate of drug-likeness (QED) is 0.699. The van der Waals surface area contributed by atoms with Gasteiger partial charge in [-0.2, -0.15) is 4.98 Å². The SMILES string of the molecule is CCc1nc(SCc2noc(-c3ccc(OC)cc3)n2)n[nH]1.